The van der Waals surface area contributed by atoms with Gasteiger partial charge in [0.1, 0.15) is 0 Å². The number of hydrogen-bond acceptors (Lipinski definition) is 6. The second-order valence-electron chi connectivity index (χ2n) is 7.79. The molecule has 0 spiro atoms. The zero-order valence-electron chi connectivity index (χ0n) is 19.4. The Kier molecular flexibility index (Phi) is 6.62. The normalized spacial score (nSPS) is 11.7. The van der Waals surface area contributed by atoms with Crippen LogP contribution in [0.5, 0.6) is 0 Å². The van der Waals surface area contributed by atoms with E-state index in [4.69, 9.17) is 0 Å². The van der Waals surface area contributed by atoms with Crippen molar-refractivity contribution < 1.29 is 35.9 Å². The van der Waals surface area contributed by atoms with E-state index in [1.54, 1.807) is 0 Å². The second kappa shape index (κ2) is 9.58. The molecule has 38 heavy (non-hydrogen) atoms. The lowest BCUT2D eigenvalue weighted by Crippen LogP contribution is -2.34. The number of hydrogen-bond donors (Lipinski definition) is 0. The summed E-state index contributed by atoms with van der Waals surface area (Å²) in [6, 6.07) is 4.22. The lowest BCUT2D eigenvalue weighted by Gasteiger charge is -2.13. The SMILES string of the molecule is CC(=O)N(C(C)=O)c1ncc(C#Cc2cnn3c(C(F)(F)F)cc(-c4ccc(C(F)(F)F)cc4)nc23)cn1. The molecule has 0 aliphatic rings. The molecule has 0 aliphatic heterocycles. The molecule has 0 fully saturated rings. The molecule has 4 rings (SSSR count). The van der Waals surface area contributed by atoms with E-state index in [1.807, 2.05) is 0 Å². The minimum Gasteiger partial charge on any atom is -0.274 e. The van der Waals surface area contributed by atoms with Crippen LogP contribution in [0.25, 0.3) is 16.9 Å². The highest BCUT2D eigenvalue weighted by molar-refractivity contribution is 6.11. The van der Waals surface area contributed by atoms with Crippen molar-refractivity contribution in [2.45, 2.75) is 26.2 Å². The maximum atomic E-state index is 13.8. The van der Waals surface area contributed by atoms with Gasteiger partial charge in [0, 0.05) is 31.8 Å². The van der Waals surface area contributed by atoms with Crippen molar-refractivity contribution in [2.24, 2.45) is 0 Å². The molecule has 0 atom stereocenters. The summed E-state index contributed by atoms with van der Waals surface area (Å²) in [5.74, 6) is 3.89. The van der Waals surface area contributed by atoms with Crippen molar-refractivity contribution in [1.82, 2.24) is 24.6 Å². The van der Waals surface area contributed by atoms with E-state index in [9.17, 15) is 35.9 Å². The van der Waals surface area contributed by atoms with Crippen LogP contribution in [0.3, 0.4) is 0 Å². The van der Waals surface area contributed by atoms with Crippen LogP contribution in [-0.4, -0.2) is 36.4 Å². The Labute approximate surface area is 210 Å². The minimum absolute atomic E-state index is 0.0116. The van der Waals surface area contributed by atoms with Crippen LogP contribution in [0.4, 0.5) is 32.3 Å². The predicted octanol–water partition coefficient (Wildman–Crippen LogP) is 4.52. The van der Waals surface area contributed by atoms with E-state index in [0.29, 0.717) is 10.6 Å². The lowest BCUT2D eigenvalue weighted by molar-refractivity contribution is -0.142. The Hall–Kier alpha value is -4.80. The first-order valence-electron chi connectivity index (χ1n) is 10.5. The number of nitrogens with zero attached hydrogens (tertiary/aromatic N) is 6. The van der Waals surface area contributed by atoms with Crippen LogP contribution in [0.2, 0.25) is 0 Å². The highest BCUT2D eigenvalue weighted by Crippen LogP contribution is 2.34. The zero-order valence-corrected chi connectivity index (χ0v) is 19.4. The Balaban J connectivity index is 1.76. The number of carbonyl (C=O) groups excluding carboxylic acids is 2. The van der Waals surface area contributed by atoms with Gasteiger partial charge in [-0.3, -0.25) is 9.59 Å². The van der Waals surface area contributed by atoms with Crippen LogP contribution >= 0.6 is 0 Å². The van der Waals surface area contributed by atoms with E-state index in [-0.39, 0.29) is 34.0 Å². The molecule has 3 aromatic heterocycles. The topological polar surface area (TPSA) is 93.4 Å². The maximum Gasteiger partial charge on any atom is 0.433 e. The van der Waals surface area contributed by atoms with Crippen molar-refractivity contribution in [3.63, 3.8) is 0 Å². The molecule has 0 aliphatic carbocycles. The van der Waals surface area contributed by atoms with Crippen LogP contribution in [0.1, 0.15) is 36.2 Å². The zero-order chi connectivity index (χ0) is 27.8. The summed E-state index contributed by atoms with van der Waals surface area (Å²) >= 11 is 0. The van der Waals surface area contributed by atoms with Gasteiger partial charge in [0.15, 0.2) is 11.3 Å². The molecule has 0 N–H and O–H groups in total. The lowest BCUT2D eigenvalue weighted by atomic mass is 10.1. The molecule has 0 bridgehead atoms. The third kappa shape index (κ3) is 5.31. The molecule has 0 radical (unpaired) electrons. The van der Waals surface area contributed by atoms with Gasteiger partial charge in [0.05, 0.1) is 28.6 Å². The minimum atomic E-state index is -4.86. The molecule has 2 amide bonds. The molecular formula is C24H14F6N6O2. The Morgan fingerprint density at radius 3 is 2.00 bits per heavy atom. The first kappa shape index (κ1) is 26.3. The first-order valence-corrected chi connectivity index (χ1v) is 10.5. The van der Waals surface area contributed by atoms with Gasteiger partial charge >= 0.3 is 12.4 Å². The predicted molar refractivity (Wildman–Crippen MR) is 120 cm³/mol. The summed E-state index contributed by atoms with van der Waals surface area (Å²) in [5, 5.41) is 3.72. The van der Waals surface area contributed by atoms with Crippen LogP contribution in [-0.2, 0) is 21.9 Å². The van der Waals surface area contributed by atoms with Crippen molar-refractivity contribution in [3.8, 4) is 23.1 Å². The molecule has 14 heteroatoms. The number of fused-ring (bicyclic) bond motifs is 1. The van der Waals surface area contributed by atoms with Gasteiger partial charge in [-0.2, -0.15) is 31.4 Å². The molecule has 0 saturated carbocycles. The van der Waals surface area contributed by atoms with E-state index in [0.717, 1.165) is 49.2 Å². The van der Waals surface area contributed by atoms with Gasteiger partial charge in [-0.15, -0.1) is 0 Å². The summed E-state index contributed by atoms with van der Waals surface area (Å²) in [4.78, 5) is 36.0. The number of imide groups is 1. The third-order valence-electron chi connectivity index (χ3n) is 5.08. The monoisotopic (exact) mass is 532 g/mol. The number of anilines is 1. The van der Waals surface area contributed by atoms with E-state index < -0.39 is 35.4 Å². The summed E-state index contributed by atoms with van der Waals surface area (Å²) in [7, 11) is 0. The van der Waals surface area contributed by atoms with Crippen LogP contribution in [0.15, 0.2) is 48.9 Å². The average molecular weight is 532 g/mol. The van der Waals surface area contributed by atoms with Gasteiger partial charge in [-0.1, -0.05) is 24.0 Å². The van der Waals surface area contributed by atoms with E-state index in [1.165, 1.54) is 12.4 Å². The smallest absolute Gasteiger partial charge is 0.274 e. The van der Waals surface area contributed by atoms with Gasteiger partial charge in [0.25, 0.3) is 0 Å². The summed E-state index contributed by atoms with van der Waals surface area (Å²) in [6.45, 7) is 2.32. The number of amides is 2. The Morgan fingerprint density at radius 1 is 0.868 bits per heavy atom. The van der Waals surface area contributed by atoms with Crippen molar-refractivity contribution in [1.29, 1.82) is 0 Å². The summed E-state index contributed by atoms with van der Waals surface area (Å²) < 4.78 is 80.5. The fourth-order valence-corrected chi connectivity index (χ4v) is 3.37. The van der Waals surface area contributed by atoms with Crippen LogP contribution in [0, 0.1) is 11.8 Å². The largest absolute Gasteiger partial charge is 0.433 e. The molecule has 8 nitrogen and oxygen atoms in total. The van der Waals surface area contributed by atoms with Gasteiger partial charge in [-0.25, -0.2) is 24.4 Å². The quantitative estimate of drug-likeness (QED) is 0.278. The number of rotatable bonds is 2. The average Bonchev–Trinajstić information content (AvgIpc) is 3.24. The Morgan fingerprint density at radius 2 is 1.47 bits per heavy atom. The highest BCUT2D eigenvalue weighted by Gasteiger charge is 2.36. The van der Waals surface area contributed by atoms with Crippen LogP contribution < -0.4 is 4.90 Å². The molecule has 4 aromatic rings. The molecule has 194 valence electrons. The van der Waals surface area contributed by atoms with E-state index in [2.05, 4.69) is 31.9 Å². The molecule has 0 unspecified atom stereocenters. The maximum absolute atomic E-state index is 13.8. The first-order chi connectivity index (χ1) is 17.8. The van der Waals surface area contributed by atoms with Gasteiger partial charge < -0.3 is 0 Å². The molecule has 1 aromatic carbocycles. The fourth-order valence-electron chi connectivity index (χ4n) is 3.37. The highest BCUT2D eigenvalue weighted by atomic mass is 19.4. The number of benzene rings is 1. The van der Waals surface area contributed by atoms with Crippen molar-refractivity contribution >= 4 is 23.4 Å². The summed E-state index contributed by atoms with van der Waals surface area (Å²) in [6.07, 6.45) is -5.99. The number of halogens is 6. The van der Waals surface area contributed by atoms with Crippen molar-refractivity contribution in [3.05, 3.63) is 71.3 Å². The van der Waals surface area contributed by atoms with Crippen molar-refractivity contribution in [2.75, 3.05) is 4.90 Å². The second-order valence-corrected chi connectivity index (χ2v) is 7.79. The molecule has 3 heterocycles. The van der Waals surface area contributed by atoms with Gasteiger partial charge in [0.2, 0.25) is 17.8 Å². The third-order valence-corrected chi connectivity index (χ3v) is 5.08. The number of carbonyl (C=O) groups is 2. The standard InChI is InChI=1S/C24H14F6N6O2/c1-13(37)35(14(2)38)22-31-10-15(11-32-22)3-4-17-12-33-36-20(24(28,29)30)9-19(34-21(17)36)16-5-7-18(8-6-16)23(25,26)27/h5-12H,1-2H3. The number of alkyl halides is 6. The molecule has 0 saturated heterocycles. The van der Waals surface area contributed by atoms with E-state index >= 15 is 0 Å². The fraction of sp³-hybridized carbons (Fsp3) is 0.167. The van der Waals surface area contributed by atoms with Gasteiger partial charge in [-0.05, 0) is 18.2 Å². The Bertz CT molecular complexity index is 1580. The number of aromatic nitrogens is 5. The molecular weight excluding hydrogens is 518 g/mol. The summed E-state index contributed by atoms with van der Waals surface area (Å²) in [5.41, 5.74) is -2.46.